The Morgan fingerprint density at radius 2 is 0.574 bits per heavy atom. The molecule has 0 aliphatic heterocycles. The summed E-state index contributed by atoms with van der Waals surface area (Å²) in [6.07, 6.45) is 0.493. The lowest BCUT2D eigenvalue weighted by molar-refractivity contribution is -0.135. The fraction of sp³-hybridized carbons (Fsp3) is 0.833. The van der Waals surface area contributed by atoms with E-state index in [1.54, 1.807) is 64.8 Å². The summed E-state index contributed by atoms with van der Waals surface area (Å²) in [6, 6.07) is 0. The molecule has 0 aromatic heterocycles. The van der Waals surface area contributed by atoms with Crippen LogP contribution in [0.5, 0.6) is 0 Å². The maximum atomic E-state index is 9.00. The summed E-state index contributed by atoms with van der Waals surface area (Å²) in [5.74, 6) is -1.67. The van der Waals surface area contributed by atoms with Crippen molar-refractivity contribution in [3.05, 3.63) is 0 Å². The molecule has 54 heavy (non-hydrogen) atoms. The Balaban J connectivity index is -0.0000000938. The number of carboxylic acids is 2. The lowest BCUT2D eigenvalue weighted by Gasteiger charge is -2.49. The largest absolute Gasteiger partial charge is 0.481 e. The van der Waals surface area contributed by atoms with E-state index in [0.29, 0.717) is 0 Å². The first-order valence-corrected chi connectivity index (χ1v) is 24.2. The third kappa shape index (κ3) is 51.0. The van der Waals surface area contributed by atoms with Crippen LogP contribution in [0.15, 0.2) is 0 Å². The van der Waals surface area contributed by atoms with Crippen LogP contribution < -0.4 is 11.5 Å². The maximum Gasteiger partial charge on any atom is 0.300 e. The van der Waals surface area contributed by atoms with E-state index in [1.165, 1.54) is 21.2 Å². The van der Waals surface area contributed by atoms with Crippen LogP contribution in [0, 0.1) is 0 Å². The number of hydrogen-bond donors (Lipinski definition) is 4. The molecule has 0 aliphatic carbocycles. The van der Waals surface area contributed by atoms with Crippen LogP contribution in [0.1, 0.15) is 13.8 Å². The van der Waals surface area contributed by atoms with Crippen LogP contribution in [0.25, 0.3) is 0 Å². The summed E-state index contributed by atoms with van der Waals surface area (Å²) in [7, 11) is 105. The van der Waals surface area contributed by atoms with E-state index < -0.39 is 94.9 Å². The van der Waals surface area contributed by atoms with Crippen LogP contribution in [0.2, 0.25) is 0 Å². The summed E-state index contributed by atoms with van der Waals surface area (Å²) >= 11 is 0. The van der Waals surface area contributed by atoms with Crippen molar-refractivity contribution >= 4 is 291 Å². The first-order valence-electron chi connectivity index (χ1n) is 15.3. The Hall–Kier alpha value is 2.91. The predicted octanol–water partition coefficient (Wildman–Crippen LogP) is -7.21. The van der Waals surface area contributed by atoms with Gasteiger partial charge in [0.25, 0.3) is 11.9 Å². The zero-order valence-electron chi connectivity index (χ0n) is 33.6. The van der Waals surface area contributed by atoms with Crippen LogP contribution >= 0.6 is 64.8 Å². The molecule has 0 saturated heterocycles. The molecule has 0 bridgehead atoms. The van der Waals surface area contributed by atoms with Gasteiger partial charge < -0.3 is 21.7 Å². The Labute approximate surface area is 384 Å². The van der Waals surface area contributed by atoms with E-state index >= 15 is 0 Å². The minimum absolute atomic E-state index is 0. The van der Waals surface area contributed by atoms with Gasteiger partial charge in [-0.1, -0.05) is 64.8 Å². The summed E-state index contributed by atoms with van der Waals surface area (Å²) in [6.45, 7) is 2.17. The van der Waals surface area contributed by atoms with Crippen molar-refractivity contribution in [3.8, 4) is 0 Å². The van der Waals surface area contributed by atoms with Crippen molar-refractivity contribution in [1.29, 1.82) is 0 Å². The number of carboxylic acid groups (broad SMARTS) is 2. The third-order valence-electron chi connectivity index (χ3n) is 6.06. The SMILES string of the molecule is CC(=O)O.CC(=O)O.CN.CN.CSSC.CSSC.CSSC.[B].[B][B]B(B([B])[B])B(B(B([B])[B])B([B])[B])B(B(B([B])[B])B([B])[B])B(B([B])[B])B([B])[B]. The lowest BCUT2D eigenvalue weighted by Crippen LogP contribution is -2.87. The monoisotopic (exact) mass is 794 g/mol. The highest BCUT2D eigenvalue weighted by molar-refractivity contribution is 8.76. The molecule has 0 unspecified atom stereocenters. The van der Waals surface area contributed by atoms with Crippen LogP contribution in [-0.4, -0.2) is 288 Å². The number of carbonyl (C=O) groups is 2. The van der Waals surface area contributed by atoms with E-state index in [1.807, 2.05) is 0 Å². The van der Waals surface area contributed by atoms with Crippen molar-refractivity contribution in [2.45, 2.75) is 13.8 Å². The Bertz CT molecular complexity index is 673. The van der Waals surface area contributed by atoms with E-state index in [0.717, 1.165) is 13.8 Å². The molecule has 0 heterocycles. The van der Waals surface area contributed by atoms with E-state index in [-0.39, 0.29) is 8.41 Å². The Morgan fingerprint density at radius 3 is 0.667 bits per heavy atom. The maximum absolute atomic E-state index is 9.00. The van der Waals surface area contributed by atoms with Gasteiger partial charge in [0.15, 0.2) is 0 Å². The molecule has 0 rings (SSSR count). The summed E-state index contributed by atoms with van der Waals surface area (Å²) in [5, 5.41) is 14.8. The van der Waals surface area contributed by atoms with Crippen LogP contribution in [0.4, 0.5) is 0 Å². The highest BCUT2D eigenvalue weighted by atomic mass is 33.1. The molecule has 0 atom stereocenters. The minimum atomic E-state index is -1.03. The molecule has 0 aromatic rings. The normalized spacial score (nSPS) is 7.85. The van der Waals surface area contributed by atoms with E-state index in [9.17, 15) is 0 Å². The summed E-state index contributed by atoms with van der Waals surface area (Å²) in [5.41, 5.74) is 9.00. The third-order valence-corrected chi connectivity index (χ3v) is 10.1. The highest BCUT2D eigenvalue weighted by Gasteiger charge is 2.51. The minimum Gasteiger partial charge on any atom is -0.481 e. The quantitative estimate of drug-likeness (QED) is 0.0879. The van der Waals surface area contributed by atoms with Crippen molar-refractivity contribution in [2.24, 2.45) is 11.5 Å². The fourth-order valence-corrected chi connectivity index (χ4v) is 4.36. The molecular formula is C12H36B30N2O4S6. The molecule has 0 spiro atoms. The van der Waals surface area contributed by atoms with Gasteiger partial charge in [0, 0.05) is 228 Å². The summed E-state index contributed by atoms with van der Waals surface area (Å²) < 4.78 is 0. The zero-order valence-corrected chi connectivity index (χ0v) is 38.5. The van der Waals surface area contributed by atoms with Crippen molar-refractivity contribution < 1.29 is 19.8 Å². The first-order chi connectivity index (χ1) is 24.4. The molecule has 0 aromatic carbocycles. The van der Waals surface area contributed by atoms with Gasteiger partial charge >= 0.3 is 0 Å². The van der Waals surface area contributed by atoms with Gasteiger partial charge in [-0.25, -0.2) is 0 Å². The molecule has 244 valence electrons. The Kier molecular flexibility index (Phi) is 80.2. The number of aliphatic carboxylic acids is 2. The van der Waals surface area contributed by atoms with Gasteiger partial charge in [-0.2, -0.15) is 0 Å². The molecule has 34 radical (unpaired) electrons. The summed E-state index contributed by atoms with van der Waals surface area (Å²) in [4.78, 5) is 18.0. The van der Waals surface area contributed by atoms with E-state index in [4.69, 9.17) is 136 Å². The average Bonchev–Trinajstić information content (AvgIpc) is 3.04. The molecular weight excluding hydrogens is 753 g/mol. The molecule has 0 fully saturated rings. The second kappa shape index (κ2) is 55.9. The molecule has 6 nitrogen and oxygen atoms in total. The zero-order chi connectivity index (χ0) is 44.6. The van der Waals surface area contributed by atoms with Crippen LogP contribution in [0.3, 0.4) is 0 Å². The van der Waals surface area contributed by atoms with Gasteiger partial charge in [0.1, 0.15) is 0 Å². The standard InChI is InChI=1S/2C2H4O2.3C2H6S2.2CH5N.B29.B/c2*1-2(3)4;3*1-3-4-2;2*1-2;1-16-24(17(2)3)28(25(18(4)5)19(6)7)29(26(20(8)9)21(10)11)27(22(12)13)23(14)15;/h2*1H3,(H,3,4);3*1-2H3;2*2H2,1H3;;. The van der Waals surface area contributed by atoms with E-state index in [2.05, 4.69) is 49.0 Å². The highest BCUT2D eigenvalue weighted by Crippen LogP contribution is 2.14. The molecule has 0 saturated carbocycles. The molecule has 6 N–H and O–H groups in total. The molecule has 42 heteroatoms. The number of rotatable bonds is 16. The second-order valence-corrected chi connectivity index (χ2v) is 17.7. The lowest BCUT2D eigenvalue weighted by atomic mass is 8.32. The number of hydrogen-bond acceptors (Lipinski definition) is 10. The second-order valence-electron chi connectivity index (χ2n) is 9.74. The molecule has 0 aliphatic rings. The smallest absolute Gasteiger partial charge is 0.300 e. The van der Waals surface area contributed by atoms with Gasteiger partial charge in [-0.05, 0) is 51.6 Å². The fourth-order valence-electron chi connectivity index (χ4n) is 4.36. The van der Waals surface area contributed by atoms with Gasteiger partial charge in [-0.3, -0.25) is 9.59 Å². The number of nitrogens with two attached hydrogens (primary N) is 2. The van der Waals surface area contributed by atoms with Crippen LogP contribution in [-0.2, 0) is 9.59 Å². The van der Waals surface area contributed by atoms with Gasteiger partial charge in [0.2, 0.25) is 0 Å². The predicted molar refractivity (Wildman–Crippen MR) is 301 cm³/mol. The topological polar surface area (TPSA) is 127 Å². The Morgan fingerprint density at radius 1 is 0.426 bits per heavy atom. The van der Waals surface area contributed by atoms with Crippen molar-refractivity contribution in [2.75, 3.05) is 51.6 Å². The van der Waals surface area contributed by atoms with Crippen molar-refractivity contribution in [3.63, 3.8) is 0 Å². The van der Waals surface area contributed by atoms with Crippen molar-refractivity contribution in [1.82, 2.24) is 0 Å². The first kappa shape index (κ1) is 77.5. The van der Waals surface area contributed by atoms with Gasteiger partial charge in [-0.15, -0.1) is 0 Å². The van der Waals surface area contributed by atoms with Gasteiger partial charge in [0.05, 0.1) is 0 Å². The average molecular weight is 789 g/mol. The molecule has 0 amide bonds.